The molecule has 158 valence electrons. The lowest BCUT2D eigenvalue weighted by molar-refractivity contribution is 0.101. The highest BCUT2D eigenvalue weighted by Crippen LogP contribution is 2.34. The van der Waals surface area contributed by atoms with Crippen molar-refractivity contribution in [3.8, 4) is 5.69 Å². The van der Waals surface area contributed by atoms with Crippen molar-refractivity contribution >= 4 is 32.4 Å². The predicted molar refractivity (Wildman–Crippen MR) is 125 cm³/mol. The maximum absolute atomic E-state index is 12.9. The van der Waals surface area contributed by atoms with Gasteiger partial charge in [-0.2, -0.15) is 0 Å². The Hall–Kier alpha value is -3.38. The van der Waals surface area contributed by atoms with Crippen molar-refractivity contribution in [1.29, 1.82) is 0 Å². The van der Waals surface area contributed by atoms with Gasteiger partial charge in [-0.3, -0.25) is 9.52 Å². The third-order valence-electron chi connectivity index (χ3n) is 5.49. The number of hydrogen-bond acceptors (Lipinski definition) is 3. The summed E-state index contributed by atoms with van der Waals surface area (Å²) in [4.78, 5) is 12.7. The maximum atomic E-state index is 12.9. The SMILES string of the molecule is CC(=O)c1c(C)n(-c2ccc(C)cc2)c2cc(C)c(NS(=O)(=O)c3ccccc3)cc12. The minimum atomic E-state index is -3.74. The Morgan fingerprint density at radius 2 is 1.55 bits per heavy atom. The first-order chi connectivity index (χ1) is 14.7. The molecule has 0 fully saturated rings. The normalized spacial score (nSPS) is 11.6. The zero-order chi connectivity index (χ0) is 22.3. The van der Waals surface area contributed by atoms with Gasteiger partial charge < -0.3 is 4.57 Å². The van der Waals surface area contributed by atoms with Gasteiger partial charge in [0.1, 0.15) is 0 Å². The van der Waals surface area contributed by atoms with Crippen LogP contribution in [0.1, 0.15) is 34.1 Å². The van der Waals surface area contributed by atoms with E-state index in [9.17, 15) is 13.2 Å². The molecule has 0 aliphatic rings. The molecule has 4 rings (SSSR count). The molecule has 0 radical (unpaired) electrons. The lowest BCUT2D eigenvalue weighted by atomic mass is 10.1. The molecule has 0 spiro atoms. The quantitative estimate of drug-likeness (QED) is 0.420. The summed E-state index contributed by atoms with van der Waals surface area (Å²) in [6.45, 7) is 7.34. The van der Waals surface area contributed by atoms with E-state index in [1.54, 1.807) is 36.4 Å². The van der Waals surface area contributed by atoms with Gasteiger partial charge in [-0.15, -0.1) is 0 Å². The lowest BCUT2D eigenvalue weighted by Crippen LogP contribution is -2.13. The summed E-state index contributed by atoms with van der Waals surface area (Å²) in [7, 11) is -3.74. The first kappa shape index (κ1) is 20.9. The van der Waals surface area contributed by atoms with E-state index in [2.05, 4.69) is 4.72 Å². The average Bonchev–Trinajstić information content (AvgIpc) is 3.00. The van der Waals surface area contributed by atoms with Gasteiger partial charge >= 0.3 is 0 Å². The zero-order valence-electron chi connectivity index (χ0n) is 17.9. The molecular formula is C25H24N2O3S. The fourth-order valence-electron chi connectivity index (χ4n) is 3.95. The number of ketones is 1. The Morgan fingerprint density at radius 3 is 2.16 bits per heavy atom. The van der Waals surface area contributed by atoms with Crippen LogP contribution in [0.25, 0.3) is 16.6 Å². The molecule has 0 saturated carbocycles. The summed E-state index contributed by atoms with van der Waals surface area (Å²) in [5.74, 6) is -0.0610. The second-order valence-corrected chi connectivity index (χ2v) is 9.47. The van der Waals surface area contributed by atoms with Gasteiger partial charge in [0.05, 0.1) is 16.1 Å². The van der Waals surface area contributed by atoms with Gasteiger partial charge in [0.15, 0.2) is 5.78 Å². The number of aromatic nitrogens is 1. The molecule has 0 saturated heterocycles. The van der Waals surface area contributed by atoms with Crippen LogP contribution in [0.2, 0.25) is 0 Å². The summed E-state index contributed by atoms with van der Waals surface area (Å²) in [5.41, 5.74) is 5.63. The van der Waals surface area contributed by atoms with E-state index in [1.807, 2.05) is 55.7 Å². The van der Waals surface area contributed by atoms with Gasteiger partial charge in [0, 0.05) is 22.3 Å². The van der Waals surface area contributed by atoms with Gasteiger partial charge in [-0.05, 0) is 69.7 Å². The highest BCUT2D eigenvalue weighted by atomic mass is 32.2. The third-order valence-corrected chi connectivity index (χ3v) is 6.87. The lowest BCUT2D eigenvalue weighted by Gasteiger charge is -2.13. The fraction of sp³-hybridized carbons (Fsp3) is 0.160. The Bertz CT molecular complexity index is 1400. The van der Waals surface area contributed by atoms with E-state index in [0.29, 0.717) is 11.3 Å². The molecule has 4 aromatic rings. The van der Waals surface area contributed by atoms with Crippen LogP contribution in [-0.2, 0) is 10.0 Å². The Kier molecular flexibility index (Phi) is 5.19. The number of nitrogens with zero attached hydrogens (tertiary/aromatic N) is 1. The van der Waals surface area contributed by atoms with Gasteiger partial charge in [0.25, 0.3) is 10.0 Å². The molecule has 6 heteroatoms. The van der Waals surface area contributed by atoms with Crippen LogP contribution in [0.3, 0.4) is 0 Å². The van der Waals surface area contributed by atoms with Crippen molar-refractivity contribution in [2.24, 2.45) is 0 Å². The molecule has 1 heterocycles. The smallest absolute Gasteiger partial charge is 0.261 e. The Labute approximate surface area is 182 Å². The number of rotatable bonds is 5. The topological polar surface area (TPSA) is 68.2 Å². The monoisotopic (exact) mass is 432 g/mol. The van der Waals surface area contributed by atoms with E-state index in [4.69, 9.17) is 0 Å². The number of hydrogen-bond donors (Lipinski definition) is 1. The van der Waals surface area contributed by atoms with Gasteiger partial charge in [-0.25, -0.2) is 8.42 Å². The van der Waals surface area contributed by atoms with Crippen LogP contribution in [0, 0.1) is 20.8 Å². The number of carbonyl (C=O) groups is 1. The van der Waals surface area contributed by atoms with E-state index in [1.165, 1.54) is 6.92 Å². The van der Waals surface area contributed by atoms with E-state index in [-0.39, 0.29) is 10.7 Å². The second-order valence-electron chi connectivity index (χ2n) is 7.79. The Morgan fingerprint density at radius 1 is 0.903 bits per heavy atom. The van der Waals surface area contributed by atoms with E-state index in [0.717, 1.165) is 33.4 Å². The third kappa shape index (κ3) is 3.75. The number of anilines is 1. The minimum Gasteiger partial charge on any atom is -0.313 e. The molecule has 0 aliphatic heterocycles. The number of sulfonamides is 1. The van der Waals surface area contributed by atoms with Crippen LogP contribution in [0.15, 0.2) is 71.6 Å². The highest BCUT2D eigenvalue weighted by Gasteiger charge is 2.21. The standard InChI is InChI=1S/C25H24N2O3S/c1-16-10-12-20(13-11-16)27-18(3)25(19(4)28)22-15-23(17(2)14-24(22)27)26-31(29,30)21-8-6-5-7-9-21/h5-15,26H,1-4H3. The van der Waals surface area contributed by atoms with Crippen LogP contribution in [0.5, 0.6) is 0 Å². The van der Waals surface area contributed by atoms with Gasteiger partial charge in [0.2, 0.25) is 0 Å². The van der Waals surface area contributed by atoms with Crippen molar-refractivity contribution in [2.75, 3.05) is 4.72 Å². The molecule has 0 amide bonds. The number of benzene rings is 3. The summed E-state index contributed by atoms with van der Waals surface area (Å²) < 4.78 is 30.4. The number of Topliss-reactive ketones (excluding diaryl/α,β-unsaturated/α-hetero) is 1. The number of carbonyl (C=O) groups excluding carboxylic acids is 1. The van der Waals surface area contributed by atoms with Crippen molar-refractivity contribution < 1.29 is 13.2 Å². The van der Waals surface area contributed by atoms with Crippen LogP contribution in [-0.4, -0.2) is 18.8 Å². The Balaban J connectivity index is 1.92. The summed E-state index contributed by atoms with van der Waals surface area (Å²) in [5, 5.41) is 0.724. The fourth-order valence-corrected chi connectivity index (χ4v) is 5.09. The summed E-state index contributed by atoms with van der Waals surface area (Å²) in [6.07, 6.45) is 0. The molecule has 0 unspecified atom stereocenters. The van der Waals surface area contributed by atoms with Gasteiger partial charge in [-0.1, -0.05) is 35.9 Å². The molecule has 0 bridgehead atoms. The summed E-state index contributed by atoms with van der Waals surface area (Å²) >= 11 is 0. The van der Waals surface area contributed by atoms with Crippen LogP contribution in [0.4, 0.5) is 5.69 Å². The van der Waals surface area contributed by atoms with Crippen molar-refractivity contribution in [1.82, 2.24) is 4.57 Å². The first-order valence-corrected chi connectivity index (χ1v) is 11.5. The first-order valence-electron chi connectivity index (χ1n) is 10.0. The number of nitrogens with one attached hydrogen (secondary N) is 1. The number of fused-ring (bicyclic) bond motifs is 1. The van der Waals surface area contributed by atoms with Crippen LogP contribution >= 0.6 is 0 Å². The molecule has 31 heavy (non-hydrogen) atoms. The zero-order valence-corrected chi connectivity index (χ0v) is 18.7. The predicted octanol–water partition coefficient (Wildman–Crippen LogP) is 5.56. The molecule has 3 aromatic carbocycles. The summed E-state index contributed by atoms with van der Waals surface area (Å²) in [6, 6.07) is 20.0. The number of aryl methyl sites for hydroxylation is 2. The molecule has 0 atom stereocenters. The molecular weight excluding hydrogens is 408 g/mol. The molecule has 0 aliphatic carbocycles. The van der Waals surface area contributed by atoms with Crippen molar-refractivity contribution in [3.63, 3.8) is 0 Å². The minimum absolute atomic E-state index is 0.0610. The van der Waals surface area contributed by atoms with E-state index >= 15 is 0 Å². The maximum Gasteiger partial charge on any atom is 0.261 e. The molecule has 1 N–H and O–H groups in total. The molecule has 5 nitrogen and oxygen atoms in total. The highest BCUT2D eigenvalue weighted by molar-refractivity contribution is 7.92. The van der Waals surface area contributed by atoms with Crippen molar-refractivity contribution in [3.05, 3.63) is 89.1 Å². The molecule has 1 aromatic heterocycles. The van der Waals surface area contributed by atoms with Crippen LogP contribution < -0.4 is 4.72 Å². The van der Waals surface area contributed by atoms with E-state index < -0.39 is 10.0 Å². The second kappa shape index (κ2) is 7.71. The van der Waals surface area contributed by atoms with Crippen molar-refractivity contribution in [2.45, 2.75) is 32.6 Å². The largest absolute Gasteiger partial charge is 0.313 e. The average molecular weight is 433 g/mol.